The van der Waals surface area contributed by atoms with Crippen molar-refractivity contribution in [3.05, 3.63) is 60.7 Å². The van der Waals surface area contributed by atoms with Crippen LogP contribution in [0.15, 0.2) is 60.7 Å². The standard InChI is InChI=1S/C14H16O2Si.C6H16O3SSi/c1-15-17(16-2,13-9-5-3-6-10-13)14-11-7-4-8-12-14;1-5-6(10)11(7-2,8-3)9-4/h3-12H,1-2H3;6,10H,5H2,1-4H3. The van der Waals surface area contributed by atoms with Crippen molar-refractivity contribution in [2.75, 3.05) is 35.5 Å². The first-order chi connectivity index (χ1) is 13.5. The SMILES string of the molecule is CCC(S)[Si](OC)(OC)OC.CO[Si](OC)(c1ccccc1)c1ccccc1. The zero-order chi connectivity index (χ0) is 21.0. The first-order valence-corrected chi connectivity index (χ1v) is 13.2. The molecule has 0 aliphatic carbocycles. The first kappa shape index (κ1) is 25.1. The van der Waals surface area contributed by atoms with Gasteiger partial charge in [0, 0.05) is 35.5 Å². The van der Waals surface area contributed by atoms with Crippen LogP contribution in [0.1, 0.15) is 13.3 Å². The van der Waals surface area contributed by atoms with Crippen molar-refractivity contribution in [2.45, 2.75) is 18.2 Å². The molecule has 0 saturated heterocycles. The molecule has 2 rings (SSSR count). The van der Waals surface area contributed by atoms with Crippen LogP contribution in [0.2, 0.25) is 0 Å². The van der Waals surface area contributed by atoms with Gasteiger partial charge in [-0.2, -0.15) is 12.6 Å². The zero-order valence-corrected chi connectivity index (χ0v) is 20.4. The average molecular weight is 441 g/mol. The van der Waals surface area contributed by atoms with Crippen LogP contribution in [0.5, 0.6) is 0 Å². The molecule has 0 radical (unpaired) electrons. The van der Waals surface area contributed by atoms with E-state index in [1.165, 1.54) is 0 Å². The fourth-order valence-corrected chi connectivity index (χ4v) is 8.41. The van der Waals surface area contributed by atoms with Gasteiger partial charge in [0.05, 0.1) is 4.87 Å². The highest BCUT2D eigenvalue weighted by molar-refractivity contribution is 7.83. The van der Waals surface area contributed by atoms with Crippen LogP contribution in [0.25, 0.3) is 0 Å². The van der Waals surface area contributed by atoms with Gasteiger partial charge in [0.1, 0.15) is 0 Å². The first-order valence-electron chi connectivity index (χ1n) is 9.05. The van der Waals surface area contributed by atoms with Gasteiger partial charge in [-0.3, -0.25) is 0 Å². The van der Waals surface area contributed by atoms with E-state index in [4.69, 9.17) is 22.1 Å². The van der Waals surface area contributed by atoms with Gasteiger partial charge in [0.2, 0.25) is 0 Å². The summed E-state index contributed by atoms with van der Waals surface area (Å²) < 4.78 is 27.2. The molecule has 1 atom stereocenters. The lowest BCUT2D eigenvalue weighted by Crippen LogP contribution is -2.62. The molecule has 2 aromatic rings. The molecule has 5 nitrogen and oxygen atoms in total. The lowest BCUT2D eigenvalue weighted by molar-refractivity contribution is 0.121. The van der Waals surface area contributed by atoms with Crippen LogP contribution in [0, 0.1) is 0 Å². The van der Waals surface area contributed by atoms with Crippen LogP contribution in [-0.2, 0) is 22.1 Å². The molecule has 0 saturated carbocycles. The average Bonchev–Trinajstić information content (AvgIpc) is 2.78. The minimum atomic E-state index is -2.50. The highest BCUT2D eigenvalue weighted by atomic mass is 32.1. The van der Waals surface area contributed by atoms with E-state index in [1.807, 2.05) is 43.3 Å². The molecule has 0 fully saturated rings. The number of hydrogen-bond acceptors (Lipinski definition) is 6. The Bertz CT molecular complexity index is 602. The fraction of sp³-hybridized carbons (Fsp3) is 0.400. The summed E-state index contributed by atoms with van der Waals surface area (Å²) in [4.78, 5) is 0.0579. The van der Waals surface area contributed by atoms with Gasteiger partial charge in [-0.15, -0.1) is 0 Å². The third-order valence-electron chi connectivity index (χ3n) is 4.53. The Morgan fingerprint density at radius 1 is 0.679 bits per heavy atom. The monoisotopic (exact) mass is 440 g/mol. The van der Waals surface area contributed by atoms with Gasteiger partial charge in [-0.25, -0.2) is 0 Å². The second kappa shape index (κ2) is 12.6. The van der Waals surface area contributed by atoms with E-state index >= 15 is 0 Å². The van der Waals surface area contributed by atoms with Gasteiger partial charge in [-0.05, 0) is 16.8 Å². The summed E-state index contributed by atoms with van der Waals surface area (Å²) in [5.74, 6) is 0. The molecule has 1 unspecified atom stereocenters. The van der Waals surface area contributed by atoms with Crippen molar-refractivity contribution in [1.29, 1.82) is 0 Å². The number of benzene rings is 2. The van der Waals surface area contributed by atoms with E-state index < -0.39 is 17.4 Å². The normalized spacial score (nSPS) is 12.8. The van der Waals surface area contributed by atoms with E-state index in [2.05, 4.69) is 36.9 Å². The molecule has 0 aliphatic heterocycles. The van der Waals surface area contributed by atoms with Gasteiger partial charge in [0.15, 0.2) is 0 Å². The van der Waals surface area contributed by atoms with Gasteiger partial charge in [0.25, 0.3) is 0 Å². The minimum Gasteiger partial charge on any atom is -0.391 e. The van der Waals surface area contributed by atoms with Crippen molar-refractivity contribution in [3.8, 4) is 0 Å². The van der Waals surface area contributed by atoms with Crippen molar-refractivity contribution in [1.82, 2.24) is 0 Å². The molecule has 0 spiro atoms. The Labute approximate surface area is 177 Å². The molecule has 8 heteroatoms. The Morgan fingerprint density at radius 3 is 1.25 bits per heavy atom. The molecule has 0 bridgehead atoms. The topological polar surface area (TPSA) is 46.2 Å². The quantitative estimate of drug-likeness (QED) is 0.480. The number of rotatable bonds is 9. The van der Waals surface area contributed by atoms with E-state index in [9.17, 15) is 0 Å². The van der Waals surface area contributed by atoms with Crippen molar-refractivity contribution in [3.63, 3.8) is 0 Å². The van der Waals surface area contributed by atoms with Crippen LogP contribution in [0.4, 0.5) is 0 Å². The van der Waals surface area contributed by atoms with Gasteiger partial charge in [-0.1, -0.05) is 67.6 Å². The molecular weight excluding hydrogens is 408 g/mol. The predicted octanol–water partition coefficient (Wildman–Crippen LogP) is 2.65. The van der Waals surface area contributed by atoms with Crippen LogP contribution < -0.4 is 10.4 Å². The summed E-state index contributed by atoms with van der Waals surface area (Å²) in [6, 6.07) is 20.3. The van der Waals surface area contributed by atoms with Gasteiger partial charge >= 0.3 is 17.4 Å². The molecule has 0 aromatic heterocycles. The lowest BCUT2D eigenvalue weighted by Gasteiger charge is -2.28. The number of thiol groups is 1. The Balaban J connectivity index is 0.000000311. The maximum atomic E-state index is 5.78. The molecule has 0 N–H and O–H groups in total. The largest absolute Gasteiger partial charge is 0.513 e. The maximum absolute atomic E-state index is 5.78. The molecule has 28 heavy (non-hydrogen) atoms. The summed E-state index contributed by atoms with van der Waals surface area (Å²) in [7, 11) is 3.27. The summed E-state index contributed by atoms with van der Waals surface area (Å²) in [5, 5.41) is 2.24. The van der Waals surface area contributed by atoms with E-state index in [0.717, 1.165) is 16.8 Å². The summed E-state index contributed by atoms with van der Waals surface area (Å²) >= 11 is 4.34. The fourth-order valence-electron chi connectivity index (χ4n) is 2.94. The second-order valence-corrected chi connectivity index (χ2v) is 13.3. The zero-order valence-electron chi connectivity index (χ0n) is 17.5. The van der Waals surface area contributed by atoms with E-state index in [0.29, 0.717) is 0 Å². The van der Waals surface area contributed by atoms with E-state index in [1.54, 1.807) is 35.5 Å². The van der Waals surface area contributed by atoms with Crippen molar-refractivity contribution in [2.24, 2.45) is 0 Å². The van der Waals surface area contributed by atoms with Crippen molar-refractivity contribution < 1.29 is 22.1 Å². The van der Waals surface area contributed by atoms with Crippen LogP contribution in [-0.4, -0.2) is 57.8 Å². The molecule has 0 amide bonds. The second-order valence-electron chi connectivity index (χ2n) is 5.90. The Kier molecular flexibility index (Phi) is 11.2. The number of hydrogen-bond donors (Lipinski definition) is 1. The van der Waals surface area contributed by atoms with Gasteiger partial charge < -0.3 is 22.1 Å². The minimum absolute atomic E-state index is 0.0579. The third-order valence-corrected chi connectivity index (χ3v) is 12.1. The molecule has 156 valence electrons. The highest BCUT2D eigenvalue weighted by Crippen LogP contribution is 2.19. The highest BCUT2D eigenvalue weighted by Gasteiger charge is 2.44. The third kappa shape index (κ3) is 5.77. The summed E-state index contributed by atoms with van der Waals surface area (Å²) in [5.41, 5.74) is 0. The lowest BCUT2D eigenvalue weighted by atomic mass is 10.4. The Hall–Kier alpha value is -0.976. The molecule has 2 aromatic carbocycles. The van der Waals surface area contributed by atoms with E-state index in [-0.39, 0.29) is 4.87 Å². The maximum Gasteiger partial charge on any atom is 0.513 e. The summed E-state index contributed by atoms with van der Waals surface area (Å²) in [6.45, 7) is 2.02. The molecule has 0 heterocycles. The molecular formula is C20H32O5SSi2. The van der Waals surface area contributed by atoms with Crippen LogP contribution >= 0.6 is 12.6 Å². The summed E-state index contributed by atoms with van der Waals surface area (Å²) in [6.07, 6.45) is 0.880. The van der Waals surface area contributed by atoms with Crippen molar-refractivity contribution >= 4 is 40.4 Å². The predicted molar refractivity (Wildman–Crippen MR) is 122 cm³/mol. The Morgan fingerprint density at radius 2 is 1.04 bits per heavy atom. The smallest absolute Gasteiger partial charge is 0.391 e. The van der Waals surface area contributed by atoms with Crippen LogP contribution in [0.3, 0.4) is 0 Å². The molecule has 0 aliphatic rings.